The smallest absolute Gasteiger partial charge is 0.303 e. The highest BCUT2D eigenvalue weighted by atomic mass is 19.1. The molecule has 0 amide bonds. The van der Waals surface area contributed by atoms with Gasteiger partial charge in [0.25, 0.3) is 5.69 Å². The summed E-state index contributed by atoms with van der Waals surface area (Å²) in [7, 11) is 0. The molecular formula is C11H13FN2O4. The first-order valence-corrected chi connectivity index (χ1v) is 5.40. The minimum absolute atomic E-state index is 0.0627. The van der Waals surface area contributed by atoms with Crippen LogP contribution < -0.4 is 5.32 Å². The number of nitro benzene ring substituents is 1. The molecule has 0 fully saturated rings. The second-order valence-electron chi connectivity index (χ2n) is 3.70. The second-order valence-corrected chi connectivity index (χ2v) is 3.70. The van der Waals surface area contributed by atoms with Crippen LogP contribution >= 0.6 is 0 Å². The van der Waals surface area contributed by atoms with E-state index in [9.17, 15) is 19.3 Å². The summed E-state index contributed by atoms with van der Waals surface area (Å²) >= 11 is 0. The summed E-state index contributed by atoms with van der Waals surface area (Å²) in [6, 6.07) is 3.27. The predicted octanol–water partition coefficient (Wildman–Crippen LogP) is 2.40. The van der Waals surface area contributed by atoms with Crippen molar-refractivity contribution in [1.29, 1.82) is 0 Å². The van der Waals surface area contributed by atoms with E-state index in [1.54, 1.807) is 0 Å². The van der Waals surface area contributed by atoms with Crippen molar-refractivity contribution >= 4 is 17.3 Å². The molecule has 2 N–H and O–H groups in total. The monoisotopic (exact) mass is 256 g/mol. The Balaban J connectivity index is 2.51. The highest BCUT2D eigenvalue weighted by molar-refractivity contribution is 5.66. The number of hydrogen-bond donors (Lipinski definition) is 2. The molecule has 6 nitrogen and oxygen atoms in total. The number of carboxylic acids is 1. The Morgan fingerprint density at radius 3 is 2.78 bits per heavy atom. The normalized spacial score (nSPS) is 10.1. The number of rotatable bonds is 7. The average Bonchev–Trinajstić information content (AvgIpc) is 2.29. The van der Waals surface area contributed by atoms with E-state index in [1.807, 2.05) is 0 Å². The van der Waals surface area contributed by atoms with E-state index in [0.717, 1.165) is 12.1 Å². The van der Waals surface area contributed by atoms with Gasteiger partial charge in [-0.3, -0.25) is 14.9 Å². The van der Waals surface area contributed by atoms with Crippen molar-refractivity contribution < 1.29 is 19.2 Å². The third-order valence-corrected chi connectivity index (χ3v) is 2.29. The molecule has 98 valence electrons. The zero-order valence-electron chi connectivity index (χ0n) is 9.56. The molecule has 0 bridgehead atoms. The minimum Gasteiger partial charge on any atom is -0.481 e. The zero-order valence-corrected chi connectivity index (χ0v) is 9.56. The van der Waals surface area contributed by atoms with E-state index in [2.05, 4.69) is 5.32 Å². The quantitative estimate of drug-likeness (QED) is 0.444. The molecule has 0 saturated heterocycles. The molecule has 0 aliphatic carbocycles. The lowest BCUT2D eigenvalue weighted by Crippen LogP contribution is -2.05. The van der Waals surface area contributed by atoms with Gasteiger partial charge in [-0.05, 0) is 25.0 Å². The van der Waals surface area contributed by atoms with Gasteiger partial charge < -0.3 is 10.4 Å². The van der Waals surface area contributed by atoms with Crippen LogP contribution in [0, 0.1) is 15.9 Å². The summed E-state index contributed by atoms with van der Waals surface area (Å²) in [5.74, 6) is -1.54. The first-order chi connectivity index (χ1) is 8.50. The maximum absolute atomic E-state index is 12.8. The van der Waals surface area contributed by atoms with Crippen molar-refractivity contribution in [2.24, 2.45) is 0 Å². The van der Waals surface area contributed by atoms with Crippen LogP contribution in [0.1, 0.15) is 19.3 Å². The van der Waals surface area contributed by atoms with Crippen LogP contribution in [0.15, 0.2) is 18.2 Å². The number of hydrogen-bond acceptors (Lipinski definition) is 4. The Bertz CT molecular complexity index is 451. The molecule has 18 heavy (non-hydrogen) atoms. The lowest BCUT2D eigenvalue weighted by atomic mass is 10.2. The van der Waals surface area contributed by atoms with E-state index in [4.69, 9.17) is 5.11 Å². The second kappa shape index (κ2) is 6.53. The van der Waals surface area contributed by atoms with Gasteiger partial charge in [0.05, 0.1) is 11.0 Å². The SMILES string of the molecule is O=C(O)CCCCNc1ccc(F)cc1[N+](=O)[O-]. The number of nitro groups is 1. The van der Waals surface area contributed by atoms with Crippen molar-refractivity contribution in [3.63, 3.8) is 0 Å². The molecule has 0 atom stereocenters. The molecule has 0 aliphatic heterocycles. The molecule has 0 aromatic heterocycles. The van der Waals surface area contributed by atoms with Crippen molar-refractivity contribution in [3.8, 4) is 0 Å². The molecular weight excluding hydrogens is 243 g/mol. The Labute approximate surface area is 103 Å². The predicted molar refractivity (Wildman–Crippen MR) is 63.0 cm³/mol. The molecule has 0 aliphatic rings. The first kappa shape index (κ1) is 13.9. The fourth-order valence-corrected chi connectivity index (χ4v) is 1.43. The maximum Gasteiger partial charge on any atom is 0.303 e. The summed E-state index contributed by atoms with van der Waals surface area (Å²) < 4.78 is 12.8. The highest BCUT2D eigenvalue weighted by Crippen LogP contribution is 2.24. The zero-order chi connectivity index (χ0) is 13.5. The average molecular weight is 256 g/mol. The third kappa shape index (κ3) is 4.36. The fourth-order valence-electron chi connectivity index (χ4n) is 1.43. The van der Waals surface area contributed by atoms with Crippen LogP contribution in [0.2, 0.25) is 0 Å². The van der Waals surface area contributed by atoms with Gasteiger partial charge >= 0.3 is 5.97 Å². The van der Waals surface area contributed by atoms with Crippen LogP contribution in [0.25, 0.3) is 0 Å². The van der Waals surface area contributed by atoms with Crippen LogP contribution in [0.5, 0.6) is 0 Å². The number of anilines is 1. The number of aliphatic carboxylic acids is 1. The molecule has 1 aromatic carbocycles. The number of nitrogens with zero attached hydrogens (tertiary/aromatic N) is 1. The molecule has 0 saturated carbocycles. The van der Waals surface area contributed by atoms with Gasteiger partial charge in [0, 0.05) is 13.0 Å². The molecule has 0 radical (unpaired) electrons. The lowest BCUT2D eigenvalue weighted by molar-refractivity contribution is -0.384. The van der Waals surface area contributed by atoms with Crippen molar-refractivity contribution in [2.75, 3.05) is 11.9 Å². The summed E-state index contributed by atoms with van der Waals surface area (Å²) in [4.78, 5) is 20.3. The van der Waals surface area contributed by atoms with Gasteiger partial charge in [0.2, 0.25) is 0 Å². The summed E-state index contributed by atoms with van der Waals surface area (Å²) in [5.41, 5.74) is -0.0926. The molecule has 0 unspecified atom stereocenters. The Kier molecular flexibility index (Phi) is 5.04. The Morgan fingerprint density at radius 1 is 1.44 bits per heavy atom. The van der Waals surface area contributed by atoms with E-state index in [-0.39, 0.29) is 17.8 Å². The summed E-state index contributed by atoms with van der Waals surface area (Å²) in [6.07, 6.45) is 1.12. The third-order valence-electron chi connectivity index (χ3n) is 2.29. The fraction of sp³-hybridized carbons (Fsp3) is 0.364. The van der Waals surface area contributed by atoms with Crippen LogP contribution in [-0.2, 0) is 4.79 Å². The van der Waals surface area contributed by atoms with Gasteiger partial charge in [-0.15, -0.1) is 0 Å². The van der Waals surface area contributed by atoms with Crippen molar-refractivity contribution in [3.05, 3.63) is 34.1 Å². The van der Waals surface area contributed by atoms with E-state index >= 15 is 0 Å². The summed E-state index contributed by atoms with van der Waals surface area (Å²) in [6.45, 7) is 0.403. The van der Waals surface area contributed by atoms with Crippen LogP contribution in [0.4, 0.5) is 15.8 Å². The minimum atomic E-state index is -0.872. The number of carboxylic acid groups (broad SMARTS) is 1. The van der Waals surface area contributed by atoms with Gasteiger partial charge in [0.1, 0.15) is 11.5 Å². The number of benzene rings is 1. The van der Waals surface area contributed by atoms with Crippen LogP contribution in [-0.4, -0.2) is 22.5 Å². The number of halogens is 1. The van der Waals surface area contributed by atoms with Crippen molar-refractivity contribution in [2.45, 2.75) is 19.3 Å². The van der Waals surface area contributed by atoms with Crippen LogP contribution in [0.3, 0.4) is 0 Å². The van der Waals surface area contributed by atoms with Gasteiger partial charge in [0.15, 0.2) is 0 Å². The van der Waals surface area contributed by atoms with Gasteiger partial charge in [-0.25, -0.2) is 4.39 Å². The Morgan fingerprint density at radius 2 is 2.17 bits per heavy atom. The Hall–Kier alpha value is -2.18. The van der Waals surface area contributed by atoms with E-state index < -0.39 is 16.7 Å². The molecule has 0 heterocycles. The molecule has 7 heteroatoms. The molecule has 0 spiro atoms. The van der Waals surface area contributed by atoms with Gasteiger partial charge in [-0.2, -0.15) is 0 Å². The van der Waals surface area contributed by atoms with Gasteiger partial charge in [-0.1, -0.05) is 0 Å². The number of unbranched alkanes of at least 4 members (excludes halogenated alkanes) is 1. The molecule has 1 rings (SSSR count). The highest BCUT2D eigenvalue weighted by Gasteiger charge is 2.14. The lowest BCUT2D eigenvalue weighted by Gasteiger charge is -2.06. The maximum atomic E-state index is 12.8. The van der Waals surface area contributed by atoms with Crippen molar-refractivity contribution in [1.82, 2.24) is 0 Å². The first-order valence-electron chi connectivity index (χ1n) is 5.40. The number of carbonyl (C=O) groups is 1. The summed E-state index contributed by atoms with van der Waals surface area (Å²) in [5, 5.41) is 21.9. The van der Waals surface area contributed by atoms with E-state index in [1.165, 1.54) is 6.07 Å². The largest absolute Gasteiger partial charge is 0.481 e. The van der Waals surface area contributed by atoms with E-state index in [0.29, 0.717) is 19.4 Å². The molecule has 1 aromatic rings. The standard InChI is InChI=1S/C11H13FN2O4/c12-8-4-5-9(10(7-8)14(17)18)13-6-2-1-3-11(15)16/h4-5,7,13H,1-3,6H2,(H,15,16). The topological polar surface area (TPSA) is 92.5 Å². The number of nitrogens with one attached hydrogen (secondary N) is 1.